The van der Waals surface area contributed by atoms with Gasteiger partial charge in [0.25, 0.3) is 10.0 Å². The van der Waals surface area contributed by atoms with Gasteiger partial charge >= 0.3 is 0 Å². The highest BCUT2D eigenvalue weighted by Gasteiger charge is 2.32. The Hall–Kier alpha value is -3.37. The standard InChI is InChI=1S/C28H32FN3O4S2/c1-5-30-28(34)21(3)31(18-22-8-10-23(29)11-9-22)27(33)19-32(24-12-6-20(2)7-13-24)38(35,36)26-16-14-25(37-4)15-17-26/h6-17,21H,5,18-19H2,1-4H3,(H,30,34)/t21-/m1/s1. The number of benzene rings is 3. The molecule has 0 radical (unpaired) electrons. The Balaban J connectivity index is 2.01. The normalized spacial score (nSPS) is 12.0. The molecule has 0 saturated carbocycles. The Labute approximate surface area is 228 Å². The molecular formula is C28H32FN3O4S2. The van der Waals surface area contributed by atoms with Crippen molar-refractivity contribution in [3.63, 3.8) is 0 Å². The van der Waals surface area contributed by atoms with Crippen LogP contribution in [0.5, 0.6) is 0 Å². The monoisotopic (exact) mass is 557 g/mol. The number of sulfonamides is 1. The molecule has 0 aliphatic rings. The summed E-state index contributed by atoms with van der Waals surface area (Å²) < 4.78 is 42.1. The smallest absolute Gasteiger partial charge is 0.264 e. The van der Waals surface area contributed by atoms with Gasteiger partial charge in [0.15, 0.2) is 0 Å². The Morgan fingerprint density at radius 3 is 2.13 bits per heavy atom. The van der Waals surface area contributed by atoms with E-state index in [1.807, 2.05) is 13.2 Å². The number of anilines is 1. The second-order valence-corrected chi connectivity index (χ2v) is 11.5. The predicted octanol–water partition coefficient (Wildman–Crippen LogP) is 4.60. The van der Waals surface area contributed by atoms with E-state index in [0.717, 1.165) is 14.8 Å². The Kier molecular flexibility index (Phi) is 9.93. The van der Waals surface area contributed by atoms with E-state index < -0.39 is 34.3 Å². The van der Waals surface area contributed by atoms with Crippen molar-refractivity contribution in [2.24, 2.45) is 0 Å². The number of nitrogens with zero attached hydrogens (tertiary/aromatic N) is 2. The average Bonchev–Trinajstić information content (AvgIpc) is 2.91. The van der Waals surface area contributed by atoms with Crippen molar-refractivity contribution in [2.75, 3.05) is 23.7 Å². The molecule has 3 aromatic carbocycles. The summed E-state index contributed by atoms with van der Waals surface area (Å²) in [5.74, 6) is -1.37. The topological polar surface area (TPSA) is 86.8 Å². The number of hydrogen-bond acceptors (Lipinski definition) is 5. The minimum Gasteiger partial charge on any atom is -0.355 e. The van der Waals surface area contributed by atoms with Crippen LogP contribution in [0.1, 0.15) is 25.0 Å². The van der Waals surface area contributed by atoms with Crippen LogP contribution in [-0.2, 0) is 26.2 Å². The summed E-state index contributed by atoms with van der Waals surface area (Å²) in [5, 5.41) is 2.71. The first-order valence-electron chi connectivity index (χ1n) is 12.1. The second kappa shape index (κ2) is 12.9. The van der Waals surface area contributed by atoms with E-state index in [1.54, 1.807) is 50.2 Å². The van der Waals surface area contributed by atoms with Gasteiger partial charge in [-0.3, -0.25) is 13.9 Å². The van der Waals surface area contributed by atoms with E-state index in [1.165, 1.54) is 53.1 Å². The van der Waals surface area contributed by atoms with E-state index in [2.05, 4.69) is 5.32 Å². The Bertz CT molecular complexity index is 1350. The van der Waals surface area contributed by atoms with Crippen molar-refractivity contribution in [3.05, 3.63) is 89.7 Å². The number of nitrogens with one attached hydrogen (secondary N) is 1. The first-order chi connectivity index (χ1) is 18.1. The van der Waals surface area contributed by atoms with Gasteiger partial charge in [-0.15, -0.1) is 11.8 Å². The molecule has 0 bridgehead atoms. The molecule has 0 aliphatic heterocycles. The largest absolute Gasteiger partial charge is 0.355 e. The molecule has 0 spiro atoms. The lowest BCUT2D eigenvalue weighted by molar-refractivity contribution is -0.139. The molecule has 0 aromatic heterocycles. The van der Waals surface area contributed by atoms with Gasteiger partial charge in [-0.25, -0.2) is 12.8 Å². The van der Waals surface area contributed by atoms with Crippen molar-refractivity contribution in [1.82, 2.24) is 10.2 Å². The van der Waals surface area contributed by atoms with Crippen LogP contribution in [0.15, 0.2) is 82.6 Å². The second-order valence-electron chi connectivity index (χ2n) is 8.74. The molecule has 0 fully saturated rings. The molecule has 1 N–H and O–H groups in total. The molecule has 202 valence electrons. The van der Waals surface area contributed by atoms with Gasteiger partial charge in [-0.2, -0.15) is 0 Å². The van der Waals surface area contributed by atoms with Gasteiger partial charge in [-0.05, 0) is 81.1 Å². The van der Waals surface area contributed by atoms with E-state index in [4.69, 9.17) is 0 Å². The molecule has 3 rings (SSSR count). The van der Waals surface area contributed by atoms with Crippen molar-refractivity contribution in [3.8, 4) is 0 Å². The van der Waals surface area contributed by atoms with Gasteiger partial charge in [0.1, 0.15) is 18.4 Å². The fraction of sp³-hybridized carbons (Fsp3) is 0.286. The van der Waals surface area contributed by atoms with Crippen LogP contribution in [0, 0.1) is 12.7 Å². The van der Waals surface area contributed by atoms with Crippen molar-refractivity contribution in [2.45, 2.75) is 43.1 Å². The quantitative estimate of drug-likeness (QED) is 0.348. The lowest BCUT2D eigenvalue weighted by Crippen LogP contribution is -2.51. The van der Waals surface area contributed by atoms with Gasteiger partial charge in [-0.1, -0.05) is 29.8 Å². The molecule has 0 heterocycles. The highest BCUT2D eigenvalue weighted by molar-refractivity contribution is 7.98. The summed E-state index contributed by atoms with van der Waals surface area (Å²) in [5.41, 5.74) is 1.86. The van der Waals surface area contributed by atoms with Crippen LogP contribution < -0.4 is 9.62 Å². The maximum absolute atomic E-state index is 13.8. The number of amides is 2. The zero-order valence-corrected chi connectivity index (χ0v) is 23.5. The number of halogens is 1. The first-order valence-corrected chi connectivity index (χ1v) is 14.8. The molecule has 0 unspecified atom stereocenters. The number of carbonyl (C=O) groups excluding carboxylic acids is 2. The fourth-order valence-corrected chi connectivity index (χ4v) is 5.63. The molecule has 10 heteroatoms. The molecule has 0 aliphatic carbocycles. The van der Waals surface area contributed by atoms with Crippen molar-refractivity contribution >= 4 is 39.3 Å². The molecular weight excluding hydrogens is 525 g/mol. The van der Waals surface area contributed by atoms with Crippen LogP contribution >= 0.6 is 11.8 Å². The van der Waals surface area contributed by atoms with E-state index in [-0.39, 0.29) is 17.3 Å². The van der Waals surface area contributed by atoms with E-state index in [0.29, 0.717) is 17.8 Å². The Morgan fingerprint density at radius 2 is 1.58 bits per heavy atom. The summed E-state index contributed by atoms with van der Waals surface area (Å²) in [6.45, 7) is 5.08. The first kappa shape index (κ1) is 29.2. The summed E-state index contributed by atoms with van der Waals surface area (Å²) in [6.07, 6.45) is 1.90. The average molecular weight is 558 g/mol. The zero-order chi connectivity index (χ0) is 27.9. The number of hydrogen-bond donors (Lipinski definition) is 1. The van der Waals surface area contributed by atoms with Crippen LogP contribution in [-0.4, -0.2) is 50.5 Å². The zero-order valence-electron chi connectivity index (χ0n) is 21.8. The highest BCUT2D eigenvalue weighted by atomic mass is 32.2. The number of rotatable bonds is 11. The SMILES string of the molecule is CCNC(=O)[C@@H](C)N(Cc1ccc(F)cc1)C(=O)CN(c1ccc(C)cc1)S(=O)(=O)c1ccc(SC)cc1. The van der Waals surface area contributed by atoms with E-state index in [9.17, 15) is 22.4 Å². The van der Waals surface area contributed by atoms with Crippen LogP contribution in [0.2, 0.25) is 0 Å². The summed E-state index contributed by atoms with van der Waals surface area (Å²) in [6, 6.07) is 18.0. The molecule has 0 saturated heterocycles. The third kappa shape index (κ3) is 7.14. The minimum absolute atomic E-state index is 0.00161. The molecule has 3 aromatic rings. The maximum Gasteiger partial charge on any atom is 0.264 e. The number of aryl methyl sites for hydroxylation is 1. The molecule has 38 heavy (non-hydrogen) atoms. The molecule has 1 atom stereocenters. The number of likely N-dealkylation sites (N-methyl/N-ethyl adjacent to an activating group) is 1. The van der Waals surface area contributed by atoms with Gasteiger partial charge in [0.05, 0.1) is 10.6 Å². The van der Waals surface area contributed by atoms with Gasteiger partial charge < -0.3 is 10.2 Å². The summed E-state index contributed by atoms with van der Waals surface area (Å²) in [4.78, 5) is 28.7. The highest BCUT2D eigenvalue weighted by Crippen LogP contribution is 2.26. The maximum atomic E-state index is 13.8. The summed E-state index contributed by atoms with van der Waals surface area (Å²) >= 11 is 1.49. The van der Waals surface area contributed by atoms with Gasteiger partial charge in [0, 0.05) is 18.0 Å². The van der Waals surface area contributed by atoms with Crippen molar-refractivity contribution in [1.29, 1.82) is 0 Å². The van der Waals surface area contributed by atoms with E-state index >= 15 is 0 Å². The third-order valence-electron chi connectivity index (χ3n) is 6.03. The lowest BCUT2D eigenvalue weighted by atomic mass is 10.1. The Morgan fingerprint density at radius 1 is 0.974 bits per heavy atom. The van der Waals surface area contributed by atoms with Crippen LogP contribution in [0.3, 0.4) is 0 Å². The summed E-state index contributed by atoms with van der Waals surface area (Å²) in [7, 11) is -4.13. The molecule has 7 nitrogen and oxygen atoms in total. The number of thioether (sulfide) groups is 1. The fourth-order valence-electron chi connectivity index (χ4n) is 3.81. The van der Waals surface area contributed by atoms with Gasteiger partial charge in [0.2, 0.25) is 11.8 Å². The minimum atomic E-state index is -4.13. The third-order valence-corrected chi connectivity index (χ3v) is 8.56. The molecule has 2 amide bonds. The van der Waals surface area contributed by atoms with Crippen LogP contribution in [0.25, 0.3) is 0 Å². The number of carbonyl (C=O) groups is 2. The predicted molar refractivity (Wildman–Crippen MR) is 149 cm³/mol. The lowest BCUT2D eigenvalue weighted by Gasteiger charge is -2.32. The van der Waals surface area contributed by atoms with Crippen LogP contribution in [0.4, 0.5) is 10.1 Å². The van der Waals surface area contributed by atoms with Crippen molar-refractivity contribution < 1.29 is 22.4 Å².